The number of rotatable bonds is 10. The summed E-state index contributed by atoms with van der Waals surface area (Å²) in [5.74, 6) is 1.83. The van der Waals surface area contributed by atoms with Crippen LogP contribution in [0.2, 0.25) is 0 Å². The number of methoxy groups -OCH3 is 2. The van der Waals surface area contributed by atoms with E-state index in [9.17, 15) is 9.59 Å². The smallest absolute Gasteiger partial charge is 0.237 e. The molecule has 0 saturated carbocycles. The maximum absolute atomic E-state index is 12.8. The standard InChI is InChI=1S/C24H31N3O5/c1-26(13-14-32-19-7-5-4-6-8-19)23(28)16-20-24(29)25-11-12-27(20)17-18-9-10-21(30-2)22(15-18)31-3/h4-10,15,20H,11-14,16-17H2,1-3H3,(H,25,29). The Bertz CT molecular complexity index is 906. The highest BCUT2D eigenvalue weighted by atomic mass is 16.5. The van der Waals surface area contributed by atoms with Gasteiger partial charge in [0, 0.05) is 26.7 Å². The van der Waals surface area contributed by atoms with Crippen LogP contribution in [-0.2, 0) is 16.1 Å². The zero-order valence-corrected chi connectivity index (χ0v) is 18.9. The number of para-hydroxylation sites is 1. The van der Waals surface area contributed by atoms with Crippen LogP contribution >= 0.6 is 0 Å². The molecule has 172 valence electrons. The van der Waals surface area contributed by atoms with E-state index >= 15 is 0 Å². The first-order chi connectivity index (χ1) is 15.5. The predicted octanol–water partition coefficient (Wildman–Crippen LogP) is 1.93. The number of nitrogens with zero attached hydrogens (tertiary/aromatic N) is 2. The van der Waals surface area contributed by atoms with Crippen LogP contribution in [0.15, 0.2) is 48.5 Å². The summed E-state index contributed by atoms with van der Waals surface area (Å²) in [5, 5.41) is 2.88. The van der Waals surface area contributed by atoms with E-state index in [0.717, 1.165) is 11.3 Å². The van der Waals surface area contributed by atoms with Crippen LogP contribution in [0.5, 0.6) is 17.2 Å². The molecule has 0 bridgehead atoms. The number of benzene rings is 2. The molecule has 32 heavy (non-hydrogen) atoms. The van der Waals surface area contributed by atoms with Crippen molar-refractivity contribution in [1.82, 2.24) is 15.1 Å². The van der Waals surface area contributed by atoms with Gasteiger partial charge in [-0.05, 0) is 29.8 Å². The van der Waals surface area contributed by atoms with Gasteiger partial charge in [-0.2, -0.15) is 0 Å². The molecule has 2 amide bonds. The zero-order valence-electron chi connectivity index (χ0n) is 18.9. The van der Waals surface area contributed by atoms with Gasteiger partial charge in [0.2, 0.25) is 11.8 Å². The molecule has 0 aliphatic carbocycles. The maximum atomic E-state index is 12.8. The summed E-state index contributed by atoms with van der Waals surface area (Å²) in [6.45, 7) is 2.58. The molecule has 8 nitrogen and oxygen atoms in total. The van der Waals surface area contributed by atoms with E-state index in [1.54, 1.807) is 26.2 Å². The Morgan fingerprint density at radius 2 is 1.88 bits per heavy atom. The van der Waals surface area contributed by atoms with Gasteiger partial charge in [0.25, 0.3) is 0 Å². The lowest BCUT2D eigenvalue weighted by molar-refractivity contribution is -0.138. The Balaban J connectivity index is 1.58. The zero-order chi connectivity index (χ0) is 22.9. The lowest BCUT2D eigenvalue weighted by atomic mass is 10.1. The number of likely N-dealkylation sites (N-methyl/N-ethyl adjacent to an activating group) is 1. The van der Waals surface area contributed by atoms with Gasteiger partial charge >= 0.3 is 0 Å². The van der Waals surface area contributed by atoms with Gasteiger partial charge in [-0.1, -0.05) is 24.3 Å². The second-order valence-electron chi connectivity index (χ2n) is 7.65. The Morgan fingerprint density at radius 3 is 2.59 bits per heavy atom. The molecular formula is C24H31N3O5. The van der Waals surface area contributed by atoms with Gasteiger partial charge in [-0.15, -0.1) is 0 Å². The van der Waals surface area contributed by atoms with E-state index in [-0.39, 0.29) is 18.2 Å². The van der Waals surface area contributed by atoms with Gasteiger partial charge < -0.3 is 24.4 Å². The Labute approximate surface area is 189 Å². The topological polar surface area (TPSA) is 80.3 Å². The first-order valence-corrected chi connectivity index (χ1v) is 10.7. The first-order valence-electron chi connectivity index (χ1n) is 10.7. The summed E-state index contributed by atoms with van der Waals surface area (Å²) in [7, 11) is 4.92. The minimum Gasteiger partial charge on any atom is -0.493 e. The van der Waals surface area contributed by atoms with Crippen LogP contribution < -0.4 is 19.5 Å². The van der Waals surface area contributed by atoms with E-state index in [1.807, 2.05) is 53.4 Å². The fourth-order valence-corrected chi connectivity index (χ4v) is 3.65. The van der Waals surface area contributed by atoms with Crippen molar-refractivity contribution in [1.29, 1.82) is 0 Å². The fraction of sp³-hybridized carbons (Fsp3) is 0.417. The van der Waals surface area contributed by atoms with Crippen molar-refractivity contribution in [2.75, 3.05) is 47.5 Å². The third kappa shape index (κ3) is 6.13. The highest BCUT2D eigenvalue weighted by Crippen LogP contribution is 2.28. The van der Waals surface area contributed by atoms with Crippen LogP contribution in [-0.4, -0.2) is 75.2 Å². The minimum absolute atomic E-state index is 0.0963. The maximum Gasteiger partial charge on any atom is 0.237 e. The average molecular weight is 442 g/mol. The fourth-order valence-electron chi connectivity index (χ4n) is 3.65. The number of piperazine rings is 1. The Kier molecular flexibility index (Phi) is 8.33. The van der Waals surface area contributed by atoms with Crippen LogP contribution in [0.4, 0.5) is 0 Å². The average Bonchev–Trinajstić information content (AvgIpc) is 2.81. The van der Waals surface area contributed by atoms with E-state index in [2.05, 4.69) is 5.32 Å². The number of hydrogen-bond acceptors (Lipinski definition) is 6. The summed E-state index contributed by atoms with van der Waals surface area (Å²) in [6, 6.07) is 14.6. The van der Waals surface area contributed by atoms with Crippen molar-refractivity contribution < 1.29 is 23.8 Å². The van der Waals surface area contributed by atoms with Gasteiger partial charge in [-0.3, -0.25) is 14.5 Å². The van der Waals surface area contributed by atoms with E-state index in [1.165, 1.54) is 0 Å². The van der Waals surface area contributed by atoms with Crippen LogP contribution in [0, 0.1) is 0 Å². The van der Waals surface area contributed by atoms with Crippen molar-refractivity contribution in [3.05, 3.63) is 54.1 Å². The summed E-state index contributed by atoms with van der Waals surface area (Å²) >= 11 is 0. The number of hydrogen-bond donors (Lipinski definition) is 1. The van der Waals surface area contributed by atoms with E-state index in [4.69, 9.17) is 14.2 Å². The second-order valence-corrected chi connectivity index (χ2v) is 7.65. The molecule has 0 spiro atoms. The molecule has 1 saturated heterocycles. The molecule has 3 rings (SSSR count). The van der Waals surface area contributed by atoms with Gasteiger partial charge in [0.1, 0.15) is 12.4 Å². The Morgan fingerprint density at radius 1 is 1.12 bits per heavy atom. The number of carbonyl (C=O) groups is 2. The van der Waals surface area contributed by atoms with Crippen molar-refractivity contribution in [3.8, 4) is 17.2 Å². The monoisotopic (exact) mass is 441 g/mol. The van der Waals surface area contributed by atoms with Crippen LogP contribution in [0.1, 0.15) is 12.0 Å². The highest BCUT2D eigenvalue weighted by molar-refractivity contribution is 5.88. The molecule has 1 heterocycles. The summed E-state index contributed by atoms with van der Waals surface area (Å²) in [4.78, 5) is 29.0. The summed E-state index contributed by atoms with van der Waals surface area (Å²) < 4.78 is 16.4. The van der Waals surface area contributed by atoms with Crippen LogP contribution in [0.25, 0.3) is 0 Å². The van der Waals surface area contributed by atoms with Crippen molar-refractivity contribution in [3.63, 3.8) is 0 Å². The molecule has 1 aliphatic rings. The third-order valence-corrected chi connectivity index (χ3v) is 5.51. The molecular weight excluding hydrogens is 410 g/mol. The second kappa shape index (κ2) is 11.4. The molecule has 8 heteroatoms. The molecule has 1 aliphatic heterocycles. The lowest BCUT2D eigenvalue weighted by Gasteiger charge is -2.35. The largest absolute Gasteiger partial charge is 0.493 e. The SMILES string of the molecule is COc1ccc(CN2CCNC(=O)C2CC(=O)N(C)CCOc2ccccc2)cc1OC. The summed E-state index contributed by atoms with van der Waals surface area (Å²) in [6.07, 6.45) is 0.112. The van der Waals surface area contributed by atoms with Gasteiger partial charge in [-0.25, -0.2) is 0 Å². The molecule has 0 radical (unpaired) electrons. The molecule has 2 aromatic carbocycles. The molecule has 1 unspecified atom stereocenters. The lowest BCUT2D eigenvalue weighted by Crippen LogP contribution is -2.56. The third-order valence-electron chi connectivity index (χ3n) is 5.51. The van der Waals surface area contributed by atoms with E-state index in [0.29, 0.717) is 44.3 Å². The quantitative estimate of drug-likeness (QED) is 0.607. The molecule has 1 fully saturated rings. The van der Waals surface area contributed by atoms with Crippen molar-refractivity contribution in [2.24, 2.45) is 0 Å². The number of amides is 2. The predicted molar refractivity (Wildman–Crippen MR) is 121 cm³/mol. The molecule has 1 atom stereocenters. The van der Waals surface area contributed by atoms with Gasteiger partial charge in [0.05, 0.1) is 33.2 Å². The van der Waals surface area contributed by atoms with Crippen LogP contribution in [0.3, 0.4) is 0 Å². The molecule has 1 N–H and O–H groups in total. The van der Waals surface area contributed by atoms with Gasteiger partial charge in [0.15, 0.2) is 11.5 Å². The normalized spacial score (nSPS) is 16.2. The molecule has 0 aromatic heterocycles. The highest BCUT2D eigenvalue weighted by Gasteiger charge is 2.32. The Hall–Kier alpha value is -3.26. The number of nitrogens with one attached hydrogen (secondary N) is 1. The van der Waals surface area contributed by atoms with E-state index < -0.39 is 6.04 Å². The minimum atomic E-state index is -0.526. The number of carbonyl (C=O) groups excluding carboxylic acids is 2. The summed E-state index contributed by atoms with van der Waals surface area (Å²) in [5.41, 5.74) is 0.986. The van der Waals surface area contributed by atoms with Crippen molar-refractivity contribution >= 4 is 11.8 Å². The molecule has 2 aromatic rings. The van der Waals surface area contributed by atoms with Crippen molar-refractivity contribution in [2.45, 2.75) is 19.0 Å². The first kappa shape index (κ1) is 23.4. The number of ether oxygens (including phenoxy) is 3.